The van der Waals surface area contributed by atoms with Gasteiger partial charge in [-0.05, 0) is 45.2 Å². The topological polar surface area (TPSA) is 75.1 Å². The highest BCUT2D eigenvalue weighted by Gasteiger charge is 2.14. The van der Waals surface area contributed by atoms with Crippen molar-refractivity contribution >= 4 is 5.78 Å². The van der Waals surface area contributed by atoms with Crippen LogP contribution in [0.1, 0.15) is 30.8 Å². The number of hydrogen-bond acceptors (Lipinski definition) is 4. The molecule has 1 atom stereocenters. The lowest BCUT2D eigenvalue weighted by Gasteiger charge is -2.21. The van der Waals surface area contributed by atoms with Gasteiger partial charge < -0.3 is 5.32 Å². The van der Waals surface area contributed by atoms with E-state index in [1.807, 2.05) is 6.92 Å². The molecule has 1 saturated heterocycles. The summed E-state index contributed by atoms with van der Waals surface area (Å²) in [6.07, 6.45) is 4.50. The van der Waals surface area contributed by atoms with E-state index in [4.69, 9.17) is 0 Å². The summed E-state index contributed by atoms with van der Waals surface area (Å²) in [5.41, 5.74) is 0.611. The third-order valence-electron chi connectivity index (χ3n) is 3.69. The van der Waals surface area contributed by atoms with Crippen LogP contribution in [0.4, 0.5) is 0 Å². The molecule has 1 fully saturated rings. The molecule has 0 saturated carbocycles. The average Bonchev–Trinajstić information content (AvgIpc) is 2.81. The summed E-state index contributed by atoms with van der Waals surface area (Å²) in [5.74, 6) is 2.04. The summed E-state index contributed by atoms with van der Waals surface area (Å²) in [6, 6.07) is 1.51. The molecular formula is C13H19N5O. The zero-order valence-electron chi connectivity index (χ0n) is 11.1. The van der Waals surface area contributed by atoms with Crippen molar-refractivity contribution in [1.29, 1.82) is 0 Å². The largest absolute Gasteiger partial charge is 0.316 e. The number of fused-ring (bicyclic) bond motifs is 1. The fourth-order valence-electron chi connectivity index (χ4n) is 2.66. The lowest BCUT2D eigenvalue weighted by Crippen LogP contribution is -2.30. The van der Waals surface area contributed by atoms with E-state index in [0.29, 0.717) is 17.4 Å². The smallest absolute Gasteiger partial charge is 0.274 e. The highest BCUT2D eigenvalue weighted by Crippen LogP contribution is 2.15. The van der Waals surface area contributed by atoms with Gasteiger partial charge in [-0.25, -0.2) is 4.98 Å². The number of aromatic nitrogens is 4. The van der Waals surface area contributed by atoms with E-state index in [1.54, 1.807) is 0 Å². The molecule has 6 nitrogen and oxygen atoms in total. The second-order valence-electron chi connectivity index (χ2n) is 5.29. The van der Waals surface area contributed by atoms with Crippen molar-refractivity contribution in [2.45, 2.75) is 32.6 Å². The first-order chi connectivity index (χ1) is 9.22. The SMILES string of the molecule is Cc1cc(=O)n2[nH]c(CCC3CCCNC3)nc2n1. The van der Waals surface area contributed by atoms with Crippen LogP contribution in [0, 0.1) is 12.8 Å². The van der Waals surface area contributed by atoms with Gasteiger partial charge in [0.05, 0.1) is 0 Å². The van der Waals surface area contributed by atoms with Gasteiger partial charge in [-0.1, -0.05) is 0 Å². The lowest BCUT2D eigenvalue weighted by molar-refractivity contribution is 0.356. The van der Waals surface area contributed by atoms with Crippen molar-refractivity contribution in [3.05, 3.63) is 27.9 Å². The number of aromatic amines is 1. The maximum Gasteiger partial charge on any atom is 0.274 e. The molecule has 0 aliphatic carbocycles. The fourth-order valence-corrected chi connectivity index (χ4v) is 2.66. The quantitative estimate of drug-likeness (QED) is 0.851. The minimum Gasteiger partial charge on any atom is -0.316 e. The molecule has 0 radical (unpaired) electrons. The maximum absolute atomic E-state index is 11.8. The van der Waals surface area contributed by atoms with Gasteiger partial charge in [0.15, 0.2) is 0 Å². The Bertz CT molecular complexity index is 623. The monoisotopic (exact) mass is 261 g/mol. The molecule has 19 heavy (non-hydrogen) atoms. The first-order valence-corrected chi connectivity index (χ1v) is 6.88. The molecule has 0 bridgehead atoms. The normalized spacial score (nSPS) is 19.9. The number of nitrogens with zero attached hydrogens (tertiary/aromatic N) is 3. The van der Waals surface area contributed by atoms with Crippen molar-refractivity contribution in [1.82, 2.24) is 24.9 Å². The average molecular weight is 261 g/mol. The van der Waals surface area contributed by atoms with Crippen LogP contribution in [-0.4, -0.2) is 32.7 Å². The van der Waals surface area contributed by atoms with Crippen molar-refractivity contribution in [2.24, 2.45) is 5.92 Å². The molecule has 1 aliphatic heterocycles. The van der Waals surface area contributed by atoms with Gasteiger partial charge in [0.25, 0.3) is 11.3 Å². The molecular weight excluding hydrogens is 242 g/mol. The Morgan fingerprint density at radius 2 is 2.37 bits per heavy atom. The molecule has 3 rings (SSSR count). The fraction of sp³-hybridized carbons (Fsp3) is 0.615. The lowest BCUT2D eigenvalue weighted by atomic mass is 9.95. The maximum atomic E-state index is 11.8. The van der Waals surface area contributed by atoms with Crippen LogP contribution in [0.5, 0.6) is 0 Å². The zero-order valence-corrected chi connectivity index (χ0v) is 11.1. The van der Waals surface area contributed by atoms with Gasteiger partial charge in [0.2, 0.25) is 0 Å². The summed E-state index contributed by atoms with van der Waals surface area (Å²) in [4.78, 5) is 20.4. The van der Waals surface area contributed by atoms with Crippen LogP contribution in [0.2, 0.25) is 0 Å². The highest BCUT2D eigenvalue weighted by molar-refractivity contribution is 5.27. The van der Waals surface area contributed by atoms with Crippen LogP contribution >= 0.6 is 0 Å². The molecule has 6 heteroatoms. The van der Waals surface area contributed by atoms with Gasteiger partial charge in [0, 0.05) is 18.2 Å². The van der Waals surface area contributed by atoms with E-state index < -0.39 is 0 Å². The molecule has 2 aromatic heterocycles. The van der Waals surface area contributed by atoms with E-state index in [9.17, 15) is 4.79 Å². The number of aryl methyl sites for hydroxylation is 2. The summed E-state index contributed by atoms with van der Waals surface area (Å²) in [6.45, 7) is 4.04. The summed E-state index contributed by atoms with van der Waals surface area (Å²) < 4.78 is 1.42. The summed E-state index contributed by atoms with van der Waals surface area (Å²) in [5, 5.41) is 6.46. The molecule has 0 amide bonds. The second kappa shape index (κ2) is 5.13. The number of nitrogens with one attached hydrogen (secondary N) is 2. The number of rotatable bonds is 3. The zero-order chi connectivity index (χ0) is 13.2. The predicted octanol–water partition coefficient (Wildman–Crippen LogP) is 0.658. The Hall–Kier alpha value is -1.69. The van der Waals surface area contributed by atoms with Crippen LogP contribution in [0.25, 0.3) is 5.78 Å². The molecule has 2 N–H and O–H groups in total. The summed E-state index contributed by atoms with van der Waals surface area (Å²) >= 11 is 0. The van der Waals surface area contributed by atoms with Crippen molar-refractivity contribution in [3.8, 4) is 0 Å². The molecule has 0 spiro atoms. The molecule has 2 aromatic rings. The summed E-state index contributed by atoms with van der Waals surface area (Å²) in [7, 11) is 0. The van der Waals surface area contributed by atoms with Crippen LogP contribution in [0.15, 0.2) is 10.9 Å². The predicted molar refractivity (Wildman–Crippen MR) is 72.3 cm³/mol. The minimum absolute atomic E-state index is 0.0967. The molecule has 1 aliphatic rings. The van der Waals surface area contributed by atoms with Gasteiger partial charge in [-0.15, -0.1) is 0 Å². The van der Waals surface area contributed by atoms with E-state index in [0.717, 1.165) is 31.8 Å². The van der Waals surface area contributed by atoms with Crippen molar-refractivity contribution in [3.63, 3.8) is 0 Å². The Balaban J connectivity index is 1.74. The third-order valence-corrected chi connectivity index (χ3v) is 3.69. The number of hydrogen-bond donors (Lipinski definition) is 2. The molecule has 102 valence electrons. The highest BCUT2D eigenvalue weighted by atomic mass is 16.1. The van der Waals surface area contributed by atoms with Crippen LogP contribution in [-0.2, 0) is 6.42 Å². The van der Waals surface area contributed by atoms with Gasteiger partial charge in [-0.2, -0.15) is 9.50 Å². The molecule has 0 aromatic carbocycles. The van der Waals surface area contributed by atoms with Crippen molar-refractivity contribution < 1.29 is 0 Å². The van der Waals surface area contributed by atoms with Crippen LogP contribution in [0.3, 0.4) is 0 Å². The van der Waals surface area contributed by atoms with Crippen LogP contribution < -0.4 is 10.9 Å². The third kappa shape index (κ3) is 2.68. The van der Waals surface area contributed by atoms with E-state index in [1.165, 1.54) is 23.4 Å². The Labute approximate surface area is 111 Å². The first kappa shape index (κ1) is 12.3. The van der Waals surface area contributed by atoms with E-state index in [-0.39, 0.29) is 5.56 Å². The van der Waals surface area contributed by atoms with Gasteiger partial charge >= 0.3 is 0 Å². The van der Waals surface area contributed by atoms with Gasteiger partial charge in [0.1, 0.15) is 5.82 Å². The minimum atomic E-state index is -0.0967. The Morgan fingerprint density at radius 3 is 3.16 bits per heavy atom. The second-order valence-corrected chi connectivity index (χ2v) is 5.29. The number of piperidine rings is 1. The Kier molecular flexibility index (Phi) is 3.33. The van der Waals surface area contributed by atoms with E-state index >= 15 is 0 Å². The Morgan fingerprint density at radius 1 is 1.47 bits per heavy atom. The van der Waals surface area contributed by atoms with Gasteiger partial charge in [-0.3, -0.25) is 9.89 Å². The number of H-pyrrole nitrogens is 1. The van der Waals surface area contributed by atoms with Crippen molar-refractivity contribution in [2.75, 3.05) is 13.1 Å². The molecule has 1 unspecified atom stereocenters. The molecule has 3 heterocycles. The standard InChI is InChI=1S/C13H19N5O/c1-9-7-12(19)18-13(15-9)16-11(17-18)5-4-10-3-2-6-14-8-10/h7,10,14H,2-6,8H2,1H3,(H,15,16,17). The van der Waals surface area contributed by atoms with E-state index in [2.05, 4.69) is 20.4 Å². The first-order valence-electron chi connectivity index (χ1n) is 6.88.